The van der Waals surface area contributed by atoms with Gasteiger partial charge in [-0.15, -0.1) is 5.10 Å². The van der Waals surface area contributed by atoms with E-state index in [9.17, 15) is 4.79 Å². The number of methoxy groups -OCH3 is 2. The summed E-state index contributed by atoms with van der Waals surface area (Å²) < 4.78 is 17.8. The molecular weight excluding hydrogens is 448 g/mol. The van der Waals surface area contributed by atoms with E-state index in [1.54, 1.807) is 57.5 Å². The molecule has 170 valence electrons. The van der Waals surface area contributed by atoms with Crippen LogP contribution in [0.25, 0.3) is 11.5 Å². The Bertz CT molecular complexity index is 1320. The molecule has 0 spiro atoms. The molecule has 0 aliphatic rings. The van der Waals surface area contributed by atoms with Gasteiger partial charge in [0.25, 0.3) is 5.91 Å². The molecule has 11 heteroatoms. The fourth-order valence-electron chi connectivity index (χ4n) is 3.16. The molecule has 0 aliphatic heterocycles. The van der Waals surface area contributed by atoms with Crippen LogP contribution in [0.3, 0.4) is 0 Å². The first kappa shape index (κ1) is 22.2. The highest BCUT2D eigenvalue weighted by Gasteiger charge is 2.20. The van der Waals surface area contributed by atoms with Gasteiger partial charge < -0.3 is 24.9 Å². The third kappa shape index (κ3) is 4.60. The molecule has 33 heavy (non-hydrogen) atoms. The first-order valence-electron chi connectivity index (χ1n) is 9.84. The molecule has 10 nitrogen and oxygen atoms in total. The monoisotopic (exact) mass is 468 g/mol. The van der Waals surface area contributed by atoms with Gasteiger partial charge in [0, 0.05) is 16.3 Å². The van der Waals surface area contributed by atoms with Crippen molar-refractivity contribution < 1.29 is 18.7 Å². The lowest BCUT2D eigenvalue weighted by Gasteiger charge is -2.07. The zero-order valence-electron chi connectivity index (χ0n) is 18.1. The number of hydrogen-bond acceptors (Lipinski definition) is 8. The molecule has 0 saturated heterocycles. The number of oxazole rings is 1. The topological polar surface area (TPSA) is 130 Å². The predicted octanol–water partition coefficient (Wildman–Crippen LogP) is 3.79. The maximum absolute atomic E-state index is 12.6. The maximum Gasteiger partial charge on any atom is 0.280 e. The quantitative estimate of drug-likeness (QED) is 0.419. The molecule has 2 heterocycles. The summed E-state index contributed by atoms with van der Waals surface area (Å²) in [4.78, 5) is 17.1. The molecule has 4 aromatic rings. The smallest absolute Gasteiger partial charge is 0.280 e. The SMILES string of the molecule is COc1ccc(-c2nc(Cn3nnc(C(=O)Nc4cccc(Cl)c4)c3N)c(C)o2)cc1OC. The van der Waals surface area contributed by atoms with Gasteiger partial charge in [-0.25, -0.2) is 9.67 Å². The van der Waals surface area contributed by atoms with Crippen LogP contribution in [0.4, 0.5) is 11.5 Å². The highest BCUT2D eigenvalue weighted by atomic mass is 35.5. The molecule has 2 aromatic carbocycles. The summed E-state index contributed by atoms with van der Waals surface area (Å²) in [5.41, 5.74) is 7.97. The summed E-state index contributed by atoms with van der Waals surface area (Å²) in [5, 5.41) is 11.1. The van der Waals surface area contributed by atoms with Gasteiger partial charge in [0.15, 0.2) is 23.0 Å². The summed E-state index contributed by atoms with van der Waals surface area (Å²) in [6, 6.07) is 12.1. The molecule has 0 fully saturated rings. The number of hydrogen-bond donors (Lipinski definition) is 2. The third-order valence-electron chi connectivity index (χ3n) is 4.89. The number of benzene rings is 2. The van der Waals surface area contributed by atoms with E-state index in [0.29, 0.717) is 39.6 Å². The first-order chi connectivity index (χ1) is 15.9. The number of nitrogens with zero attached hydrogens (tertiary/aromatic N) is 4. The third-order valence-corrected chi connectivity index (χ3v) is 5.13. The van der Waals surface area contributed by atoms with Crippen molar-refractivity contribution >= 4 is 29.0 Å². The molecule has 0 saturated carbocycles. The molecular formula is C22H21ClN6O4. The molecule has 1 amide bonds. The Morgan fingerprint density at radius 2 is 1.97 bits per heavy atom. The predicted molar refractivity (Wildman–Crippen MR) is 123 cm³/mol. The van der Waals surface area contributed by atoms with Gasteiger partial charge >= 0.3 is 0 Å². The molecule has 0 unspecified atom stereocenters. The zero-order chi connectivity index (χ0) is 23.5. The van der Waals surface area contributed by atoms with E-state index in [-0.39, 0.29) is 18.1 Å². The largest absolute Gasteiger partial charge is 0.493 e. The van der Waals surface area contributed by atoms with E-state index in [0.717, 1.165) is 5.56 Å². The van der Waals surface area contributed by atoms with Gasteiger partial charge in [-0.1, -0.05) is 22.9 Å². The number of ether oxygens (including phenoxy) is 2. The molecule has 0 bridgehead atoms. The van der Waals surface area contributed by atoms with Crippen molar-refractivity contribution in [2.24, 2.45) is 0 Å². The number of rotatable bonds is 7. The minimum atomic E-state index is -0.496. The van der Waals surface area contributed by atoms with Crippen molar-refractivity contribution in [2.45, 2.75) is 13.5 Å². The lowest BCUT2D eigenvalue weighted by atomic mass is 10.2. The minimum absolute atomic E-state index is 0.00348. The average Bonchev–Trinajstić information content (AvgIpc) is 3.36. The number of anilines is 2. The van der Waals surface area contributed by atoms with Crippen LogP contribution in [-0.4, -0.2) is 40.1 Å². The Morgan fingerprint density at radius 3 is 2.70 bits per heavy atom. The zero-order valence-corrected chi connectivity index (χ0v) is 18.9. The van der Waals surface area contributed by atoms with Crippen molar-refractivity contribution in [3.05, 3.63) is 64.6 Å². The number of aryl methyl sites for hydroxylation is 1. The van der Waals surface area contributed by atoms with Gasteiger partial charge in [0.05, 0.1) is 20.8 Å². The standard InChI is InChI=1S/C22H21ClN6O4/c1-12-16(26-22(33-12)13-7-8-17(31-2)18(9-13)32-3)11-29-20(24)19(27-28-29)21(30)25-15-6-4-5-14(23)10-15/h4-10H,11,24H2,1-3H3,(H,25,30). The summed E-state index contributed by atoms with van der Waals surface area (Å²) in [7, 11) is 3.12. The van der Waals surface area contributed by atoms with Crippen molar-refractivity contribution in [2.75, 3.05) is 25.3 Å². The molecule has 0 aliphatic carbocycles. The highest BCUT2D eigenvalue weighted by molar-refractivity contribution is 6.31. The molecule has 0 atom stereocenters. The Morgan fingerprint density at radius 1 is 1.18 bits per heavy atom. The number of amides is 1. The summed E-state index contributed by atoms with van der Waals surface area (Å²) in [6.07, 6.45) is 0. The number of nitrogens with two attached hydrogens (primary N) is 1. The van der Waals surface area contributed by atoms with E-state index in [2.05, 4.69) is 20.6 Å². The first-order valence-corrected chi connectivity index (χ1v) is 10.2. The van der Waals surface area contributed by atoms with Crippen LogP contribution < -0.4 is 20.5 Å². The van der Waals surface area contributed by atoms with Crippen LogP contribution in [0.5, 0.6) is 11.5 Å². The molecule has 0 radical (unpaired) electrons. The van der Waals surface area contributed by atoms with Crippen molar-refractivity contribution in [3.63, 3.8) is 0 Å². The average molecular weight is 469 g/mol. The van der Waals surface area contributed by atoms with Gasteiger partial charge in [-0.3, -0.25) is 4.79 Å². The van der Waals surface area contributed by atoms with Crippen LogP contribution in [0.2, 0.25) is 5.02 Å². The summed E-state index contributed by atoms with van der Waals surface area (Å²) in [5.74, 6) is 1.75. The normalized spacial score (nSPS) is 10.8. The fraction of sp³-hybridized carbons (Fsp3) is 0.182. The second-order valence-electron chi connectivity index (χ2n) is 7.04. The number of halogens is 1. The molecule has 3 N–H and O–H groups in total. The van der Waals surface area contributed by atoms with E-state index < -0.39 is 5.91 Å². The second kappa shape index (κ2) is 9.21. The van der Waals surface area contributed by atoms with Crippen molar-refractivity contribution in [1.29, 1.82) is 0 Å². The highest BCUT2D eigenvalue weighted by Crippen LogP contribution is 2.32. The van der Waals surface area contributed by atoms with Gasteiger partial charge in [-0.05, 0) is 43.3 Å². The number of carbonyl (C=O) groups is 1. The van der Waals surface area contributed by atoms with Gasteiger partial charge in [-0.2, -0.15) is 0 Å². The second-order valence-corrected chi connectivity index (χ2v) is 7.47. The number of aromatic nitrogens is 4. The van der Waals surface area contributed by atoms with Crippen molar-refractivity contribution in [1.82, 2.24) is 20.0 Å². The van der Waals surface area contributed by atoms with Gasteiger partial charge in [0.2, 0.25) is 5.89 Å². The fourth-order valence-corrected chi connectivity index (χ4v) is 3.36. The van der Waals surface area contributed by atoms with E-state index in [1.165, 1.54) is 4.68 Å². The van der Waals surface area contributed by atoms with Crippen LogP contribution in [0.1, 0.15) is 21.9 Å². The number of carbonyl (C=O) groups excluding carboxylic acids is 1. The van der Waals surface area contributed by atoms with E-state index in [1.807, 2.05) is 6.07 Å². The Balaban J connectivity index is 1.54. The van der Waals surface area contributed by atoms with Crippen LogP contribution in [0, 0.1) is 6.92 Å². The Kier molecular flexibility index (Phi) is 6.18. The Hall–Kier alpha value is -4.05. The van der Waals surface area contributed by atoms with Crippen LogP contribution in [0.15, 0.2) is 46.9 Å². The molecule has 2 aromatic heterocycles. The molecule has 4 rings (SSSR count). The summed E-state index contributed by atoms with van der Waals surface area (Å²) >= 11 is 5.96. The van der Waals surface area contributed by atoms with E-state index in [4.69, 9.17) is 31.2 Å². The lowest BCUT2D eigenvalue weighted by Crippen LogP contribution is -2.15. The van der Waals surface area contributed by atoms with E-state index >= 15 is 0 Å². The summed E-state index contributed by atoms with van der Waals surface area (Å²) in [6.45, 7) is 1.96. The Labute approximate surface area is 194 Å². The number of nitrogens with one attached hydrogen (secondary N) is 1. The van der Waals surface area contributed by atoms with Crippen molar-refractivity contribution in [3.8, 4) is 23.0 Å². The minimum Gasteiger partial charge on any atom is -0.493 e. The van der Waals surface area contributed by atoms with Gasteiger partial charge in [0.1, 0.15) is 11.5 Å². The number of nitrogen functional groups attached to an aromatic ring is 1. The lowest BCUT2D eigenvalue weighted by molar-refractivity contribution is 0.102. The van der Waals surface area contributed by atoms with Crippen LogP contribution >= 0.6 is 11.6 Å². The maximum atomic E-state index is 12.6. The van der Waals surface area contributed by atoms with Crippen LogP contribution in [-0.2, 0) is 6.54 Å².